The minimum absolute atomic E-state index is 0.0951. The molecule has 1 aliphatic rings. The summed E-state index contributed by atoms with van der Waals surface area (Å²) in [6, 6.07) is 1.49. The number of aromatic nitrogens is 1. The molecule has 0 unspecified atom stereocenters. The van der Waals surface area contributed by atoms with Gasteiger partial charge in [-0.05, 0) is 19.8 Å². The van der Waals surface area contributed by atoms with E-state index in [0.29, 0.717) is 17.9 Å². The van der Waals surface area contributed by atoms with Gasteiger partial charge in [0.25, 0.3) is 5.69 Å². The second-order valence-electron chi connectivity index (χ2n) is 4.93. The Morgan fingerprint density at radius 3 is 2.78 bits per heavy atom. The maximum Gasteiger partial charge on any atom is 0.277 e. The molecular formula is C12H18N4O2. The van der Waals surface area contributed by atoms with Crippen molar-refractivity contribution in [3.63, 3.8) is 0 Å². The third-order valence-corrected chi connectivity index (χ3v) is 3.62. The van der Waals surface area contributed by atoms with Crippen LogP contribution in [0.4, 0.5) is 11.5 Å². The van der Waals surface area contributed by atoms with Gasteiger partial charge in [-0.3, -0.25) is 10.1 Å². The lowest BCUT2D eigenvalue weighted by atomic mass is 9.98. The highest BCUT2D eigenvalue weighted by atomic mass is 16.6. The van der Waals surface area contributed by atoms with E-state index in [9.17, 15) is 10.1 Å². The first-order valence-corrected chi connectivity index (χ1v) is 6.16. The van der Waals surface area contributed by atoms with Crippen LogP contribution in [0.25, 0.3) is 0 Å². The molecule has 0 atom stereocenters. The number of pyridine rings is 1. The first kappa shape index (κ1) is 12.8. The molecule has 6 nitrogen and oxygen atoms in total. The summed E-state index contributed by atoms with van der Waals surface area (Å²) in [7, 11) is 0. The summed E-state index contributed by atoms with van der Waals surface area (Å²) in [5.74, 6) is 0.541. The van der Waals surface area contributed by atoms with E-state index in [1.165, 1.54) is 12.3 Å². The van der Waals surface area contributed by atoms with Crippen LogP contribution in [0.5, 0.6) is 0 Å². The van der Waals surface area contributed by atoms with Gasteiger partial charge >= 0.3 is 0 Å². The lowest BCUT2D eigenvalue weighted by molar-refractivity contribution is -0.385. The molecule has 0 bridgehead atoms. The van der Waals surface area contributed by atoms with Crippen molar-refractivity contribution in [1.29, 1.82) is 0 Å². The van der Waals surface area contributed by atoms with E-state index in [4.69, 9.17) is 5.73 Å². The molecule has 1 heterocycles. The third kappa shape index (κ3) is 2.43. The second kappa shape index (κ2) is 4.89. The van der Waals surface area contributed by atoms with Crippen LogP contribution in [0.1, 0.15) is 31.2 Å². The highest BCUT2D eigenvalue weighted by Crippen LogP contribution is 2.32. The minimum atomic E-state index is -0.383. The number of hydrogen-bond acceptors (Lipinski definition) is 5. The van der Waals surface area contributed by atoms with E-state index in [2.05, 4.69) is 10.3 Å². The second-order valence-corrected chi connectivity index (χ2v) is 4.93. The number of rotatable bonds is 4. The number of nitrogens with zero attached hydrogens (tertiary/aromatic N) is 2. The fourth-order valence-electron chi connectivity index (χ4n) is 2.48. The van der Waals surface area contributed by atoms with E-state index in [-0.39, 0.29) is 16.1 Å². The fourth-order valence-corrected chi connectivity index (χ4v) is 2.48. The van der Waals surface area contributed by atoms with Gasteiger partial charge in [0.05, 0.1) is 16.5 Å². The summed E-state index contributed by atoms with van der Waals surface area (Å²) in [5.41, 5.74) is 6.34. The molecule has 18 heavy (non-hydrogen) atoms. The molecule has 1 aromatic heterocycles. The average molecular weight is 250 g/mol. The Morgan fingerprint density at radius 2 is 2.22 bits per heavy atom. The van der Waals surface area contributed by atoms with Gasteiger partial charge in [0.1, 0.15) is 5.82 Å². The van der Waals surface area contributed by atoms with E-state index in [1.807, 2.05) is 0 Å². The summed E-state index contributed by atoms with van der Waals surface area (Å²) in [6.07, 6.45) is 5.79. The van der Waals surface area contributed by atoms with Crippen LogP contribution >= 0.6 is 0 Å². The first-order chi connectivity index (χ1) is 8.56. The molecule has 3 N–H and O–H groups in total. The zero-order valence-corrected chi connectivity index (χ0v) is 10.5. The molecule has 1 saturated carbocycles. The van der Waals surface area contributed by atoms with Gasteiger partial charge in [-0.1, -0.05) is 12.8 Å². The summed E-state index contributed by atoms with van der Waals surface area (Å²) >= 11 is 0. The summed E-state index contributed by atoms with van der Waals surface area (Å²) in [5, 5.41) is 14.2. The SMILES string of the molecule is Cc1cnc(NC2(CN)CCCC2)cc1[N+](=O)[O-]. The van der Waals surface area contributed by atoms with Crippen LogP contribution < -0.4 is 11.1 Å². The van der Waals surface area contributed by atoms with Gasteiger partial charge in [0.15, 0.2) is 0 Å². The number of aryl methyl sites for hydroxylation is 1. The maximum absolute atomic E-state index is 10.9. The molecule has 1 fully saturated rings. The lowest BCUT2D eigenvalue weighted by Gasteiger charge is -2.29. The molecule has 0 saturated heterocycles. The van der Waals surface area contributed by atoms with Gasteiger partial charge < -0.3 is 11.1 Å². The monoisotopic (exact) mass is 250 g/mol. The Balaban J connectivity index is 2.24. The van der Waals surface area contributed by atoms with Crippen LogP contribution in [0.3, 0.4) is 0 Å². The highest BCUT2D eigenvalue weighted by Gasteiger charge is 2.32. The predicted octanol–water partition coefficient (Wildman–Crippen LogP) is 1.98. The van der Waals surface area contributed by atoms with Crippen LogP contribution in [-0.2, 0) is 0 Å². The third-order valence-electron chi connectivity index (χ3n) is 3.62. The number of anilines is 1. The smallest absolute Gasteiger partial charge is 0.277 e. The van der Waals surface area contributed by atoms with E-state index < -0.39 is 0 Å². The van der Waals surface area contributed by atoms with Crippen molar-refractivity contribution in [1.82, 2.24) is 4.98 Å². The molecule has 0 spiro atoms. The number of hydrogen-bond donors (Lipinski definition) is 2. The first-order valence-electron chi connectivity index (χ1n) is 6.16. The van der Waals surface area contributed by atoms with Gasteiger partial charge in [-0.15, -0.1) is 0 Å². The Hall–Kier alpha value is -1.69. The maximum atomic E-state index is 10.9. The quantitative estimate of drug-likeness (QED) is 0.629. The van der Waals surface area contributed by atoms with Crippen LogP contribution in [0, 0.1) is 17.0 Å². The van der Waals surface area contributed by atoms with E-state index >= 15 is 0 Å². The minimum Gasteiger partial charge on any atom is -0.363 e. The molecule has 0 radical (unpaired) electrons. The molecular weight excluding hydrogens is 232 g/mol. The predicted molar refractivity (Wildman–Crippen MR) is 69.5 cm³/mol. The van der Waals surface area contributed by atoms with Crippen molar-refractivity contribution in [2.75, 3.05) is 11.9 Å². The number of nitro groups is 1. The summed E-state index contributed by atoms with van der Waals surface area (Å²) in [6.45, 7) is 2.21. The van der Waals surface area contributed by atoms with Crippen LogP contribution in [0.15, 0.2) is 12.3 Å². The zero-order valence-electron chi connectivity index (χ0n) is 10.5. The molecule has 1 aromatic rings. The number of nitrogens with one attached hydrogen (secondary N) is 1. The van der Waals surface area contributed by atoms with Gasteiger partial charge in [0, 0.05) is 18.3 Å². The average Bonchev–Trinajstić information content (AvgIpc) is 2.80. The summed E-state index contributed by atoms with van der Waals surface area (Å²) in [4.78, 5) is 14.7. The molecule has 2 rings (SSSR count). The Labute approximate surface area is 106 Å². The van der Waals surface area contributed by atoms with Crippen molar-refractivity contribution in [2.24, 2.45) is 5.73 Å². The Morgan fingerprint density at radius 1 is 1.56 bits per heavy atom. The normalized spacial score (nSPS) is 17.7. The molecule has 1 aliphatic carbocycles. The molecule has 0 aromatic carbocycles. The zero-order chi connectivity index (χ0) is 13.2. The molecule has 98 valence electrons. The highest BCUT2D eigenvalue weighted by molar-refractivity contribution is 5.50. The number of nitrogens with two attached hydrogens (primary N) is 1. The van der Waals surface area contributed by atoms with Crippen molar-refractivity contribution in [3.05, 3.63) is 27.9 Å². The van der Waals surface area contributed by atoms with Gasteiger partial charge in [0.2, 0.25) is 0 Å². The van der Waals surface area contributed by atoms with Gasteiger partial charge in [-0.25, -0.2) is 4.98 Å². The molecule has 6 heteroatoms. The Kier molecular flexibility index (Phi) is 3.47. The van der Waals surface area contributed by atoms with Crippen LogP contribution in [-0.4, -0.2) is 22.0 Å². The lowest BCUT2D eigenvalue weighted by Crippen LogP contribution is -2.43. The van der Waals surface area contributed by atoms with Crippen molar-refractivity contribution >= 4 is 11.5 Å². The van der Waals surface area contributed by atoms with Crippen molar-refractivity contribution in [2.45, 2.75) is 38.1 Å². The Bertz CT molecular complexity index is 455. The van der Waals surface area contributed by atoms with E-state index in [0.717, 1.165) is 25.7 Å². The largest absolute Gasteiger partial charge is 0.363 e. The summed E-state index contributed by atoms with van der Waals surface area (Å²) < 4.78 is 0. The topological polar surface area (TPSA) is 94.1 Å². The van der Waals surface area contributed by atoms with Gasteiger partial charge in [-0.2, -0.15) is 0 Å². The van der Waals surface area contributed by atoms with Crippen molar-refractivity contribution in [3.8, 4) is 0 Å². The van der Waals surface area contributed by atoms with E-state index in [1.54, 1.807) is 6.92 Å². The standard InChI is InChI=1S/C12H18N4O2/c1-9-7-14-11(6-10(9)16(17)18)15-12(8-13)4-2-3-5-12/h6-7H,2-5,8,13H2,1H3,(H,14,15). The molecule has 0 amide bonds. The molecule has 0 aliphatic heterocycles. The van der Waals surface area contributed by atoms with Crippen molar-refractivity contribution < 1.29 is 4.92 Å². The van der Waals surface area contributed by atoms with Crippen LogP contribution in [0.2, 0.25) is 0 Å². The fraction of sp³-hybridized carbons (Fsp3) is 0.583.